The van der Waals surface area contributed by atoms with Crippen LogP contribution in [0.15, 0.2) is 10.7 Å². The molecule has 1 heterocycles. The minimum Gasteiger partial charge on any atom is -0.476 e. The summed E-state index contributed by atoms with van der Waals surface area (Å²) in [5.74, 6) is -0.567. The monoisotopic (exact) mass is 301 g/mol. The smallest absolute Gasteiger partial charge is 0.355 e. The van der Waals surface area contributed by atoms with Crippen molar-refractivity contribution in [2.45, 2.75) is 26.7 Å². The van der Waals surface area contributed by atoms with E-state index in [0.717, 1.165) is 25.9 Å². The summed E-state index contributed by atoms with van der Waals surface area (Å²) in [4.78, 5) is 21.2. The molecule has 0 bridgehead atoms. The molecule has 1 aromatic rings. The summed E-state index contributed by atoms with van der Waals surface area (Å²) in [5.41, 5.74) is 0.00667. The lowest BCUT2D eigenvalue weighted by molar-refractivity contribution is 0.0689. The van der Waals surface area contributed by atoms with Gasteiger partial charge in [-0.1, -0.05) is 13.8 Å². The van der Waals surface area contributed by atoms with Gasteiger partial charge >= 0.3 is 5.97 Å². The Morgan fingerprint density at radius 1 is 1.41 bits per heavy atom. The molecular formula is C11H16BrN3O2. The minimum atomic E-state index is -1.05. The summed E-state index contributed by atoms with van der Waals surface area (Å²) in [7, 11) is 0. The second kappa shape index (κ2) is 6.54. The van der Waals surface area contributed by atoms with Gasteiger partial charge in [0.05, 0.1) is 4.47 Å². The van der Waals surface area contributed by atoms with Gasteiger partial charge in [0.25, 0.3) is 0 Å². The molecule has 0 amide bonds. The molecule has 0 unspecified atom stereocenters. The number of aromatic nitrogens is 2. The first kappa shape index (κ1) is 13.9. The summed E-state index contributed by atoms with van der Waals surface area (Å²) in [5, 5.41) is 8.99. The molecular weight excluding hydrogens is 286 g/mol. The third kappa shape index (κ3) is 3.66. The minimum absolute atomic E-state index is 0.00667. The van der Waals surface area contributed by atoms with Crippen LogP contribution in [0.4, 0.5) is 5.95 Å². The first-order valence-corrected chi connectivity index (χ1v) is 6.40. The van der Waals surface area contributed by atoms with E-state index in [0.29, 0.717) is 10.4 Å². The van der Waals surface area contributed by atoms with Crippen LogP contribution in [0.2, 0.25) is 0 Å². The van der Waals surface area contributed by atoms with Crippen LogP contribution in [-0.4, -0.2) is 34.1 Å². The van der Waals surface area contributed by atoms with Gasteiger partial charge in [-0.3, -0.25) is 0 Å². The van der Waals surface area contributed by atoms with Gasteiger partial charge < -0.3 is 10.0 Å². The summed E-state index contributed by atoms with van der Waals surface area (Å²) in [6.45, 7) is 5.79. The first-order valence-electron chi connectivity index (χ1n) is 5.60. The van der Waals surface area contributed by atoms with Crippen LogP contribution in [0, 0.1) is 0 Å². The largest absolute Gasteiger partial charge is 0.476 e. The summed E-state index contributed by atoms with van der Waals surface area (Å²) < 4.78 is 0.404. The van der Waals surface area contributed by atoms with Crippen LogP contribution in [0.25, 0.3) is 0 Å². The zero-order valence-electron chi connectivity index (χ0n) is 9.98. The van der Waals surface area contributed by atoms with Crippen molar-refractivity contribution in [1.29, 1.82) is 0 Å². The summed E-state index contributed by atoms with van der Waals surface area (Å²) in [6, 6.07) is 0. The van der Waals surface area contributed by atoms with Gasteiger partial charge in [0.15, 0.2) is 5.69 Å². The lowest BCUT2D eigenvalue weighted by Crippen LogP contribution is -2.27. The van der Waals surface area contributed by atoms with E-state index in [-0.39, 0.29) is 5.69 Å². The highest BCUT2D eigenvalue weighted by atomic mass is 79.9. The number of aromatic carboxylic acids is 1. The molecule has 0 saturated carbocycles. The number of hydrogen-bond donors (Lipinski definition) is 1. The molecule has 0 saturated heterocycles. The topological polar surface area (TPSA) is 66.3 Å². The van der Waals surface area contributed by atoms with Crippen molar-refractivity contribution in [1.82, 2.24) is 9.97 Å². The van der Waals surface area contributed by atoms with Gasteiger partial charge in [0, 0.05) is 19.3 Å². The number of halogens is 1. The Hall–Kier alpha value is -1.17. The van der Waals surface area contributed by atoms with E-state index in [9.17, 15) is 4.79 Å². The van der Waals surface area contributed by atoms with E-state index in [1.54, 1.807) is 0 Å². The van der Waals surface area contributed by atoms with Crippen molar-refractivity contribution in [2.75, 3.05) is 18.0 Å². The molecule has 5 nitrogen and oxygen atoms in total. The number of carboxylic acid groups (broad SMARTS) is 1. The fourth-order valence-electron chi connectivity index (χ4n) is 1.51. The third-order valence-corrected chi connectivity index (χ3v) is 2.78. The fraction of sp³-hybridized carbons (Fsp3) is 0.545. The Labute approximate surface area is 109 Å². The quantitative estimate of drug-likeness (QED) is 0.875. The maximum absolute atomic E-state index is 11.0. The Kier molecular flexibility index (Phi) is 5.34. The Balaban J connectivity index is 3.03. The van der Waals surface area contributed by atoms with Crippen LogP contribution in [0.1, 0.15) is 37.2 Å². The van der Waals surface area contributed by atoms with E-state index in [2.05, 4.69) is 39.7 Å². The molecule has 17 heavy (non-hydrogen) atoms. The Morgan fingerprint density at radius 3 is 2.47 bits per heavy atom. The predicted octanol–water partition coefficient (Wildman–Crippen LogP) is 2.56. The van der Waals surface area contributed by atoms with Gasteiger partial charge in [-0.15, -0.1) is 0 Å². The van der Waals surface area contributed by atoms with E-state index in [1.807, 2.05) is 4.90 Å². The van der Waals surface area contributed by atoms with Gasteiger partial charge in [0.1, 0.15) is 0 Å². The molecule has 0 spiro atoms. The van der Waals surface area contributed by atoms with Crippen molar-refractivity contribution in [3.05, 3.63) is 16.4 Å². The fourth-order valence-corrected chi connectivity index (χ4v) is 1.87. The summed E-state index contributed by atoms with van der Waals surface area (Å²) >= 11 is 3.13. The number of carbonyl (C=O) groups is 1. The highest BCUT2D eigenvalue weighted by Crippen LogP contribution is 2.17. The van der Waals surface area contributed by atoms with Crippen molar-refractivity contribution >= 4 is 27.8 Å². The van der Waals surface area contributed by atoms with Crippen LogP contribution >= 0.6 is 15.9 Å². The molecule has 0 aliphatic heterocycles. The number of anilines is 1. The van der Waals surface area contributed by atoms with Crippen molar-refractivity contribution in [3.63, 3.8) is 0 Å². The third-order valence-electron chi connectivity index (χ3n) is 2.20. The molecule has 0 fully saturated rings. The molecule has 6 heteroatoms. The van der Waals surface area contributed by atoms with Crippen molar-refractivity contribution in [2.24, 2.45) is 0 Å². The Morgan fingerprint density at radius 2 is 2.00 bits per heavy atom. The molecule has 0 radical (unpaired) electrons. The lowest BCUT2D eigenvalue weighted by atomic mass is 10.3. The number of nitrogens with zero attached hydrogens (tertiary/aromatic N) is 3. The summed E-state index contributed by atoms with van der Waals surface area (Å²) in [6.07, 6.45) is 3.44. The van der Waals surface area contributed by atoms with E-state index in [4.69, 9.17) is 5.11 Å². The molecule has 1 rings (SSSR count). The standard InChI is InChI=1S/C11H16BrN3O2/c1-3-5-15(6-4-2)11-13-7-8(12)9(14-11)10(16)17/h7H,3-6H2,1-2H3,(H,16,17). The molecule has 0 atom stereocenters. The maximum atomic E-state index is 11.0. The zero-order chi connectivity index (χ0) is 12.8. The first-order chi connectivity index (χ1) is 8.10. The lowest BCUT2D eigenvalue weighted by Gasteiger charge is -2.21. The zero-order valence-corrected chi connectivity index (χ0v) is 11.6. The molecule has 1 aromatic heterocycles. The van der Waals surface area contributed by atoms with Gasteiger partial charge in [-0.25, -0.2) is 14.8 Å². The van der Waals surface area contributed by atoms with Gasteiger partial charge in [-0.2, -0.15) is 0 Å². The predicted molar refractivity (Wildman–Crippen MR) is 69.5 cm³/mol. The normalized spacial score (nSPS) is 10.3. The second-order valence-electron chi connectivity index (χ2n) is 3.66. The molecule has 1 N–H and O–H groups in total. The SMILES string of the molecule is CCCN(CCC)c1ncc(Br)c(C(=O)O)n1. The van der Waals surface area contributed by atoms with Gasteiger partial charge in [-0.05, 0) is 28.8 Å². The average molecular weight is 302 g/mol. The molecule has 94 valence electrons. The number of hydrogen-bond acceptors (Lipinski definition) is 4. The van der Waals surface area contributed by atoms with Gasteiger partial charge in [0.2, 0.25) is 5.95 Å². The number of carboxylic acids is 1. The number of rotatable bonds is 6. The second-order valence-corrected chi connectivity index (χ2v) is 4.51. The highest BCUT2D eigenvalue weighted by Gasteiger charge is 2.15. The van der Waals surface area contributed by atoms with Crippen LogP contribution in [-0.2, 0) is 0 Å². The maximum Gasteiger partial charge on any atom is 0.355 e. The van der Waals surface area contributed by atoms with Crippen molar-refractivity contribution < 1.29 is 9.90 Å². The Bertz CT molecular complexity index is 392. The molecule has 0 aliphatic carbocycles. The van der Waals surface area contributed by atoms with E-state index < -0.39 is 5.97 Å². The average Bonchev–Trinajstić information content (AvgIpc) is 2.29. The van der Waals surface area contributed by atoms with Crippen LogP contribution in [0.5, 0.6) is 0 Å². The van der Waals surface area contributed by atoms with Crippen LogP contribution < -0.4 is 4.90 Å². The highest BCUT2D eigenvalue weighted by molar-refractivity contribution is 9.10. The van der Waals surface area contributed by atoms with Crippen molar-refractivity contribution in [3.8, 4) is 0 Å². The van der Waals surface area contributed by atoms with E-state index in [1.165, 1.54) is 6.20 Å². The molecule has 0 aromatic carbocycles. The van der Waals surface area contributed by atoms with Crippen LogP contribution in [0.3, 0.4) is 0 Å². The molecule has 0 aliphatic rings. The van der Waals surface area contributed by atoms with E-state index >= 15 is 0 Å².